The predicted molar refractivity (Wildman–Crippen MR) is 56.7 cm³/mol. The van der Waals surface area contributed by atoms with Gasteiger partial charge in [0.1, 0.15) is 12.2 Å². The number of fused-ring (bicyclic) bond motifs is 1. The highest BCUT2D eigenvalue weighted by atomic mass is 35.5. The highest BCUT2D eigenvalue weighted by Gasteiger charge is 2.50. The van der Waals surface area contributed by atoms with Crippen LogP contribution in [0.2, 0.25) is 0 Å². The Morgan fingerprint density at radius 2 is 2.25 bits per heavy atom. The van der Waals surface area contributed by atoms with Crippen LogP contribution >= 0.6 is 11.6 Å². The molecule has 0 aromatic heterocycles. The lowest BCUT2D eigenvalue weighted by atomic mass is 9.95. The van der Waals surface area contributed by atoms with Gasteiger partial charge in [-0.25, -0.2) is 0 Å². The SMILES string of the molecule is CC1(C)O[C@@H]2[C@H](O1)C(Cl)=CC(N=[N+]=[N-])[C@@H]2O. The summed E-state index contributed by atoms with van der Waals surface area (Å²) in [6.07, 6.45) is -0.525. The van der Waals surface area contributed by atoms with Gasteiger partial charge in [-0.1, -0.05) is 22.8 Å². The molecule has 6 nitrogen and oxygen atoms in total. The van der Waals surface area contributed by atoms with Gasteiger partial charge in [0.15, 0.2) is 5.79 Å². The smallest absolute Gasteiger partial charge is 0.164 e. The fourth-order valence-corrected chi connectivity index (χ4v) is 2.26. The van der Waals surface area contributed by atoms with Crippen LogP contribution in [0.25, 0.3) is 10.4 Å². The molecule has 16 heavy (non-hydrogen) atoms. The molecule has 1 unspecified atom stereocenters. The van der Waals surface area contributed by atoms with E-state index in [1.165, 1.54) is 6.08 Å². The Labute approximate surface area is 97.4 Å². The van der Waals surface area contributed by atoms with Crippen LogP contribution < -0.4 is 0 Å². The first kappa shape index (κ1) is 11.7. The molecule has 0 saturated carbocycles. The Bertz CT molecular complexity index is 378. The summed E-state index contributed by atoms with van der Waals surface area (Å²) >= 11 is 6.00. The molecule has 1 saturated heterocycles. The zero-order valence-electron chi connectivity index (χ0n) is 8.87. The van der Waals surface area contributed by atoms with Crippen LogP contribution in [0.5, 0.6) is 0 Å². The van der Waals surface area contributed by atoms with Crippen molar-refractivity contribution in [3.63, 3.8) is 0 Å². The molecule has 7 heteroatoms. The summed E-state index contributed by atoms with van der Waals surface area (Å²) in [5, 5.41) is 13.8. The lowest BCUT2D eigenvalue weighted by Crippen LogP contribution is -2.45. The van der Waals surface area contributed by atoms with Crippen molar-refractivity contribution >= 4 is 11.6 Å². The number of nitrogens with zero attached hydrogens (tertiary/aromatic N) is 3. The summed E-state index contributed by atoms with van der Waals surface area (Å²) in [7, 11) is 0. The summed E-state index contributed by atoms with van der Waals surface area (Å²) < 4.78 is 11.1. The molecule has 1 fully saturated rings. The summed E-state index contributed by atoms with van der Waals surface area (Å²) in [6.45, 7) is 3.48. The average Bonchev–Trinajstić information content (AvgIpc) is 2.51. The lowest BCUT2D eigenvalue weighted by molar-refractivity contribution is -0.153. The molecule has 2 aliphatic rings. The number of azide groups is 1. The predicted octanol–water partition coefficient (Wildman–Crippen LogP) is 1.68. The largest absolute Gasteiger partial charge is 0.390 e. The van der Waals surface area contributed by atoms with Crippen LogP contribution in [-0.4, -0.2) is 35.2 Å². The van der Waals surface area contributed by atoms with Crippen molar-refractivity contribution in [3.8, 4) is 0 Å². The molecule has 0 spiro atoms. The van der Waals surface area contributed by atoms with Crippen LogP contribution in [0.1, 0.15) is 13.8 Å². The van der Waals surface area contributed by atoms with E-state index in [1.54, 1.807) is 13.8 Å². The third kappa shape index (κ3) is 1.90. The third-order valence-corrected chi connectivity index (χ3v) is 2.94. The van der Waals surface area contributed by atoms with Gasteiger partial charge >= 0.3 is 0 Å². The van der Waals surface area contributed by atoms with Crippen molar-refractivity contribution in [2.45, 2.75) is 44.0 Å². The van der Waals surface area contributed by atoms with Crippen LogP contribution in [0.3, 0.4) is 0 Å². The van der Waals surface area contributed by atoms with Crippen LogP contribution in [0, 0.1) is 0 Å². The van der Waals surface area contributed by atoms with Crippen LogP contribution in [0.4, 0.5) is 0 Å². The van der Waals surface area contributed by atoms with E-state index >= 15 is 0 Å². The van der Waals surface area contributed by atoms with Gasteiger partial charge in [0, 0.05) is 9.94 Å². The Kier molecular flexibility index (Phi) is 2.86. The van der Waals surface area contributed by atoms with E-state index in [1.807, 2.05) is 0 Å². The Hall–Kier alpha value is -0.780. The number of aliphatic hydroxyl groups excluding tert-OH is 1. The lowest BCUT2D eigenvalue weighted by Gasteiger charge is -2.29. The molecule has 88 valence electrons. The van der Waals surface area contributed by atoms with Gasteiger partial charge in [-0.05, 0) is 19.4 Å². The molecule has 2 rings (SSSR count). The molecule has 0 bridgehead atoms. The molecule has 1 heterocycles. The van der Waals surface area contributed by atoms with Crippen molar-refractivity contribution in [1.82, 2.24) is 0 Å². The van der Waals surface area contributed by atoms with Gasteiger partial charge in [0.2, 0.25) is 0 Å². The number of hydrogen-bond acceptors (Lipinski definition) is 4. The van der Waals surface area contributed by atoms with Crippen molar-refractivity contribution in [1.29, 1.82) is 0 Å². The monoisotopic (exact) mass is 245 g/mol. The van der Waals surface area contributed by atoms with E-state index in [0.717, 1.165) is 0 Å². The standard InChI is InChI=1S/C9H12ClN3O3/c1-9(2)15-7-4(10)3-5(12-13-11)6(14)8(7)16-9/h3,5-8,14H,1-2H3/t5?,6-,7+,8-/m0/s1. The van der Waals surface area contributed by atoms with Gasteiger partial charge in [-0.2, -0.15) is 0 Å². The second-order valence-corrected chi connectivity index (χ2v) is 4.69. The topological polar surface area (TPSA) is 87.5 Å². The maximum atomic E-state index is 9.95. The minimum atomic E-state index is -0.940. The van der Waals surface area contributed by atoms with Gasteiger partial charge in [0.25, 0.3) is 0 Å². The van der Waals surface area contributed by atoms with E-state index in [0.29, 0.717) is 5.03 Å². The van der Waals surface area contributed by atoms with E-state index in [9.17, 15) is 5.11 Å². The maximum Gasteiger partial charge on any atom is 0.164 e. The zero-order valence-corrected chi connectivity index (χ0v) is 9.63. The molecule has 1 aliphatic heterocycles. The van der Waals surface area contributed by atoms with Gasteiger partial charge < -0.3 is 14.6 Å². The Balaban J connectivity index is 2.30. The minimum absolute atomic E-state index is 0.401. The minimum Gasteiger partial charge on any atom is -0.390 e. The first-order valence-corrected chi connectivity index (χ1v) is 5.27. The van der Waals surface area contributed by atoms with Crippen molar-refractivity contribution in [2.75, 3.05) is 0 Å². The third-order valence-electron chi connectivity index (χ3n) is 2.60. The van der Waals surface area contributed by atoms with Crippen molar-refractivity contribution in [3.05, 3.63) is 21.6 Å². The molecular formula is C9H12ClN3O3. The molecule has 4 atom stereocenters. The molecular weight excluding hydrogens is 234 g/mol. The maximum absolute atomic E-state index is 9.95. The fraction of sp³-hybridized carbons (Fsp3) is 0.778. The fourth-order valence-electron chi connectivity index (χ4n) is 1.96. The van der Waals surface area contributed by atoms with Crippen molar-refractivity contribution < 1.29 is 14.6 Å². The van der Waals surface area contributed by atoms with E-state index in [4.69, 9.17) is 26.6 Å². The second-order valence-electron chi connectivity index (χ2n) is 4.26. The van der Waals surface area contributed by atoms with Crippen molar-refractivity contribution in [2.24, 2.45) is 5.11 Å². The first-order valence-electron chi connectivity index (χ1n) is 4.90. The van der Waals surface area contributed by atoms with Crippen LogP contribution in [0.15, 0.2) is 16.2 Å². The van der Waals surface area contributed by atoms with Gasteiger partial charge in [0.05, 0.1) is 12.1 Å². The molecule has 1 N–H and O–H groups in total. The van der Waals surface area contributed by atoms with Gasteiger partial charge in [-0.15, -0.1) is 0 Å². The summed E-state index contributed by atoms with van der Waals surface area (Å²) in [5.74, 6) is -0.796. The number of rotatable bonds is 1. The number of ether oxygens (including phenoxy) is 2. The number of hydrogen-bond donors (Lipinski definition) is 1. The summed E-state index contributed by atoms with van der Waals surface area (Å²) in [5.41, 5.74) is 8.37. The summed E-state index contributed by atoms with van der Waals surface area (Å²) in [4.78, 5) is 2.66. The Morgan fingerprint density at radius 1 is 1.56 bits per heavy atom. The number of halogens is 1. The molecule has 0 aromatic rings. The molecule has 0 amide bonds. The van der Waals surface area contributed by atoms with Gasteiger partial charge in [-0.3, -0.25) is 0 Å². The molecule has 0 aromatic carbocycles. The van der Waals surface area contributed by atoms with Crippen LogP contribution in [-0.2, 0) is 9.47 Å². The van der Waals surface area contributed by atoms with E-state index in [2.05, 4.69) is 10.0 Å². The second kappa shape index (κ2) is 3.91. The average molecular weight is 246 g/mol. The molecule has 1 aliphatic carbocycles. The Morgan fingerprint density at radius 3 is 2.88 bits per heavy atom. The highest BCUT2D eigenvalue weighted by Crippen LogP contribution is 2.39. The quantitative estimate of drug-likeness (QED) is 0.433. The number of aliphatic hydroxyl groups is 1. The highest BCUT2D eigenvalue weighted by molar-refractivity contribution is 6.30. The first-order chi connectivity index (χ1) is 7.44. The summed E-state index contributed by atoms with van der Waals surface area (Å²) in [6, 6.07) is -0.712. The van der Waals surface area contributed by atoms with E-state index in [-0.39, 0.29) is 0 Å². The zero-order chi connectivity index (χ0) is 11.9. The van der Waals surface area contributed by atoms with E-state index < -0.39 is 30.1 Å². The normalized spacial score (nSPS) is 40.9. The molecule has 0 radical (unpaired) electrons.